The molecule has 0 radical (unpaired) electrons. The lowest BCUT2D eigenvalue weighted by Crippen LogP contribution is -2.32. The molecule has 5 rings (SSSR count). The fourth-order valence-electron chi connectivity index (χ4n) is 3.74. The molecule has 1 fully saturated rings. The van der Waals surface area contributed by atoms with Crippen molar-refractivity contribution in [3.8, 4) is 17.0 Å². The lowest BCUT2D eigenvalue weighted by molar-refractivity contribution is 0.0853. The standard InChI is InChI=1S/C22H21N5O3/c1-14-20(22(28)23-13-17-8-5-11-29-17)24-26-27(14)16-9-10-19-18(12-16)21(30-25-19)15-6-3-2-4-7-15/h2-4,6-7,9-10,12,17H,5,8,11,13H2,1H3,(H,23,28)/t17-/m0/s1. The van der Waals surface area contributed by atoms with Gasteiger partial charge in [-0.2, -0.15) is 0 Å². The molecule has 3 heterocycles. The fraction of sp³-hybridized carbons (Fsp3) is 0.273. The number of nitrogens with one attached hydrogen (secondary N) is 1. The van der Waals surface area contributed by atoms with Gasteiger partial charge in [0, 0.05) is 18.7 Å². The number of nitrogens with zero attached hydrogens (tertiary/aromatic N) is 4. The van der Waals surface area contributed by atoms with Crippen molar-refractivity contribution in [2.24, 2.45) is 0 Å². The van der Waals surface area contributed by atoms with Crippen LogP contribution in [0.3, 0.4) is 0 Å². The van der Waals surface area contributed by atoms with Crippen LogP contribution >= 0.6 is 0 Å². The van der Waals surface area contributed by atoms with Crippen LogP contribution < -0.4 is 5.32 Å². The van der Waals surface area contributed by atoms with Gasteiger partial charge in [-0.1, -0.05) is 40.7 Å². The number of benzene rings is 2. The quantitative estimate of drug-likeness (QED) is 0.549. The summed E-state index contributed by atoms with van der Waals surface area (Å²) < 4.78 is 12.8. The molecule has 0 spiro atoms. The SMILES string of the molecule is Cc1c(C(=O)NC[C@@H]2CCCO2)nnn1-c1ccc2noc(-c3ccccc3)c2c1. The second-order valence-electron chi connectivity index (χ2n) is 7.36. The van der Waals surface area contributed by atoms with E-state index in [1.165, 1.54) is 0 Å². The van der Waals surface area contributed by atoms with Gasteiger partial charge in [0.05, 0.1) is 22.9 Å². The van der Waals surface area contributed by atoms with Crippen LogP contribution in [-0.4, -0.2) is 45.3 Å². The summed E-state index contributed by atoms with van der Waals surface area (Å²) in [5.41, 5.74) is 3.45. The van der Waals surface area contributed by atoms with Gasteiger partial charge in [-0.15, -0.1) is 5.10 Å². The maximum absolute atomic E-state index is 12.6. The van der Waals surface area contributed by atoms with E-state index < -0.39 is 0 Å². The summed E-state index contributed by atoms with van der Waals surface area (Å²) >= 11 is 0. The predicted molar refractivity (Wildman–Crippen MR) is 110 cm³/mol. The number of aromatic nitrogens is 4. The summed E-state index contributed by atoms with van der Waals surface area (Å²) in [6.07, 6.45) is 2.08. The Kier molecular flexibility index (Phi) is 4.76. The van der Waals surface area contributed by atoms with Crippen LogP contribution in [0.1, 0.15) is 29.0 Å². The highest BCUT2D eigenvalue weighted by Crippen LogP contribution is 2.30. The Morgan fingerprint density at radius 3 is 2.90 bits per heavy atom. The minimum atomic E-state index is -0.245. The van der Waals surface area contributed by atoms with Gasteiger partial charge in [0.2, 0.25) is 0 Å². The van der Waals surface area contributed by atoms with Crippen molar-refractivity contribution >= 4 is 16.8 Å². The maximum Gasteiger partial charge on any atom is 0.273 e. The van der Waals surface area contributed by atoms with E-state index >= 15 is 0 Å². The molecule has 0 saturated carbocycles. The molecule has 1 aliphatic heterocycles. The largest absolute Gasteiger partial charge is 0.376 e. The molecule has 4 aromatic rings. The van der Waals surface area contributed by atoms with Crippen LogP contribution in [0.2, 0.25) is 0 Å². The predicted octanol–water partition coefficient (Wildman–Crippen LogP) is 3.29. The van der Waals surface area contributed by atoms with Gasteiger partial charge in [0.15, 0.2) is 11.5 Å². The second-order valence-corrected chi connectivity index (χ2v) is 7.36. The van der Waals surface area contributed by atoms with Gasteiger partial charge < -0.3 is 14.6 Å². The molecule has 1 amide bonds. The van der Waals surface area contributed by atoms with Gasteiger partial charge >= 0.3 is 0 Å². The molecule has 1 N–H and O–H groups in total. The molecule has 1 aliphatic rings. The molecule has 1 saturated heterocycles. The first kappa shape index (κ1) is 18.5. The first-order valence-electron chi connectivity index (χ1n) is 9.98. The van der Waals surface area contributed by atoms with Crippen molar-refractivity contribution in [2.45, 2.75) is 25.9 Å². The van der Waals surface area contributed by atoms with Gasteiger partial charge in [0.1, 0.15) is 5.52 Å². The summed E-state index contributed by atoms with van der Waals surface area (Å²) in [7, 11) is 0. The van der Waals surface area contributed by atoms with Crippen LogP contribution in [0.4, 0.5) is 0 Å². The number of carbonyl (C=O) groups excluding carboxylic acids is 1. The third kappa shape index (κ3) is 3.35. The lowest BCUT2D eigenvalue weighted by atomic mass is 10.1. The van der Waals surface area contributed by atoms with Crippen LogP contribution in [0.25, 0.3) is 27.9 Å². The van der Waals surface area contributed by atoms with Crippen LogP contribution in [0.5, 0.6) is 0 Å². The Bertz CT molecular complexity index is 1190. The molecule has 152 valence electrons. The number of rotatable bonds is 5. The molecule has 30 heavy (non-hydrogen) atoms. The van der Waals surface area contributed by atoms with Crippen molar-refractivity contribution in [3.63, 3.8) is 0 Å². The van der Waals surface area contributed by atoms with Crippen molar-refractivity contribution in [3.05, 3.63) is 59.9 Å². The van der Waals surface area contributed by atoms with Crippen molar-refractivity contribution in [2.75, 3.05) is 13.2 Å². The Morgan fingerprint density at radius 1 is 1.23 bits per heavy atom. The Labute approximate surface area is 172 Å². The third-order valence-corrected chi connectivity index (χ3v) is 5.36. The maximum atomic E-state index is 12.6. The van der Waals surface area contributed by atoms with Gasteiger partial charge in [-0.25, -0.2) is 4.68 Å². The van der Waals surface area contributed by atoms with Crippen molar-refractivity contribution in [1.82, 2.24) is 25.5 Å². The van der Waals surface area contributed by atoms with E-state index in [0.29, 0.717) is 23.7 Å². The average molecular weight is 403 g/mol. The zero-order valence-electron chi connectivity index (χ0n) is 16.5. The van der Waals surface area contributed by atoms with Crippen LogP contribution in [0, 0.1) is 6.92 Å². The third-order valence-electron chi connectivity index (χ3n) is 5.36. The normalized spacial score (nSPS) is 16.2. The minimum Gasteiger partial charge on any atom is -0.376 e. The molecule has 0 unspecified atom stereocenters. The highest BCUT2D eigenvalue weighted by atomic mass is 16.5. The molecular formula is C22H21N5O3. The first-order chi connectivity index (χ1) is 14.7. The number of fused-ring (bicyclic) bond motifs is 1. The van der Waals surface area contributed by atoms with E-state index in [4.69, 9.17) is 9.26 Å². The van der Waals surface area contributed by atoms with E-state index in [1.807, 2.05) is 55.5 Å². The molecule has 8 nitrogen and oxygen atoms in total. The van der Waals surface area contributed by atoms with E-state index in [9.17, 15) is 4.79 Å². The molecule has 0 aliphatic carbocycles. The zero-order valence-corrected chi connectivity index (χ0v) is 16.5. The number of amides is 1. The highest BCUT2D eigenvalue weighted by molar-refractivity contribution is 5.94. The fourth-order valence-corrected chi connectivity index (χ4v) is 3.74. The zero-order chi connectivity index (χ0) is 20.5. The van der Waals surface area contributed by atoms with Crippen LogP contribution in [-0.2, 0) is 4.74 Å². The van der Waals surface area contributed by atoms with E-state index in [2.05, 4.69) is 20.8 Å². The lowest BCUT2D eigenvalue weighted by Gasteiger charge is -2.10. The summed E-state index contributed by atoms with van der Waals surface area (Å²) in [6, 6.07) is 15.5. The van der Waals surface area contributed by atoms with E-state index in [-0.39, 0.29) is 12.0 Å². The summed E-state index contributed by atoms with van der Waals surface area (Å²) in [6.45, 7) is 3.07. The first-order valence-corrected chi connectivity index (χ1v) is 9.98. The number of ether oxygens (including phenoxy) is 1. The highest BCUT2D eigenvalue weighted by Gasteiger charge is 2.21. The van der Waals surface area contributed by atoms with Gasteiger partial charge in [0.25, 0.3) is 5.91 Å². The van der Waals surface area contributed by atoms with E-state index in [1.54, 1.807) is 4.68 Å². The average Bonchev–Trinajstić information content (AvgIpc) is 3.52. The summed E-state index contributed by atoms with van der Waals surface area (Å²) in [5, 5.41) is 16.2. The van der Waals surface area contributed by atoms with E-state index in [0.717, 1.165) is 41.6 Å². The molecule has 2 aromatic heterocycles. The Morgan fingerprint density at radius 2 is 2.10 bits per heavy atom. The van der Waals surface area contributed by atoms with Gasteiger partial charge in [-0.05, 0) is 38.0 Å². The second kappa shape index (κ2) is 7.72. The molecule has 1 atom stereocenters. The smallest absolute Gasteiger partial charge is 0.273 e. The molecule has 8 heteroatoms. The summed E-state index contributed by atoms with van der Waals surface area (Å²) in [4.78, 5) is 12.6. The Balaban J connectivity index is 1.43. The van der Waals surface area contributed by atoms with Crippen molar-refractivity contribution < 1.29 is 14.1 Å². The van der Waals surface area contributed by atoms with Crippen LogP contribution in [0.15, 0.2) is 53.1 Å². The molecular weight excluding hydrogens is 382 g/mol. The van der Waals surface area contributed by atoms with Gasteiger partial charge in [-0.3, -0.25) is 4.79 Å². The topological polar surface area (TPSA) is 95.1 Å². The Hall–Kier alpha value is -3.52. The minimum absolute atomic E-state index is 0.0803. The number of carbonyl (C=O) groups is 1. The number of hydrogen-bond acceptors (Lipinski definition) is 6. The number of hydrogen-bond donors (Lipinski definition) is 1. The monoisotopic (exact) mass is 403 g/mol. The summed E-state index contributed by atoms with van der Waals surface area (Å²) in [5.74, 6) is 0.449. The molecule has 2 aromatic carbocycles. The molecule has 0 bridgehead atoms. The van der Waals surface area contributed by atoms with Crippen molar-refractivity contribution in [1.29, 1.82) is 0 Å².